The van der Waals surface area contributed by atoms with E-state index in [-0.39, 0.29) is 7.58 Å². The second kappa shape index (κ2) is 5.40. The van der Waals surface area contributed by atoms with Crippen molar-refractivity contribution in [2.45, 2.75) is 24.7 Å². The topological polar surface area (TPSA) is 34.1 Å². The van der Waals surface area contributed by atoms with Gasteiger partial charge in [-0.25, -0.2) is 0 Å². The molecule has 5 rings (SSSR count). The molecule has 3 aliphatic rings. The van der Waals surface area contributed by atoms with Crippen LogP contribution in [0.3, 0.4) is 0 Å². The molecule has 2 unspecified atom stereocenters. The van der Waals surface area contributed by atoms with E-state index in [2.05, 4.69) is 24.3 Å². The van der Waals surface area contributed by atoms with Gasteiger partial charge in [-0.2, -0.15) is 0 Å². The lowest BCUT2D eigenvalue weighted by atomic mass is 9.63. The van der Waals surface area contributed by atoms with E-state index in [1.165, 1.54) is 22.3 Å². The molecular formula is C18H12I2O2. The third kappa shape index (κ3) is 2.18. The second-order valence-corrected chi connectivity index (χ2v) is 7.88. The van der Waals surface area contributed by atoms with Crippen LogP contribution in [-0.4, -0.2) is 7.58 Å². The number of fused-ring (bicyclic) bond motifs is 1. The SMILES string of the molecule is O=C(I)c1ccc2c(c1)C1CCC2c2cc(C(=O)I)ccc21. The molecule has 0 amide bonds. The Morgan fingerprint density at radius 3 is 1.50 bits per heavy atom. The predicted octanol–water partition coefficient (Wildman–Crippen LogP) is 5.21. The maximum atomic E-state index is 11.7. The molecule has 0 fully saturated rings. The highest BCUT2D eigenvalue weighted by molar-refractivity contribution is 14.1. The van der Waals surface area contributed by atoms with E-state index in [1.807, 2.05) is 57.3 Å². The monoisotopic (exact) mass is 514 g/mol. The molecule has 4 heteroatoms. The van der Waals surface area contributed by atoms with Crippen LogP contribution in [0.15, 0.2) is 36.4 Å². The van der Waals surface area contributed by atoms with Crippen molar-refractivity contribution in [3.63, 3.8) is 0 Å². The third-order valence-electron chi connectivity index (χ3n) is 4.87. The summed E-state index contributed by atoms with van der Waals surface area (Å²) in [5.41, 5.74) is 6.85. The van der Waals surface area contributed by atoms with Crippen molar-refractivity contribution in [2.24, 2.45) is 0 Å². The standard InChI is InChI=1S/C18H12I2O2/c19-17(21)9-1-3-11-13-5-6-14(15(11)7-9)12-4-2-10(18(20)22)8-16(12)13/h1-4,7-8,13-14H,5-6H2. The van der Waals surface area contributed by atoms with Crippen molar-refractivity contribution < 1.29 is 9.59 Å². The summed E-state index contributed by atoms with van der Waals surface area (Å²) in [6, 6.07) is 12.2. The predicted molar refractivity (Wildman–Crippen MR) is 103 cm³/mol. The maximum absolute atomic E-state index is 11.7. The smallest absolute Gasteiger partial charge is 0.222 e. The fraction of sp³-hybridized carbons (Fsp3) is 0.222. The molecule has 3 aliphatic carbocycles. The van der Waals surface area contributed by atoms with Gasteiger partial charge in [-0.1, -0.05) is 24.3 Å². The number of rotatable bonds is 2. The molecule has 0 N–H and O–H groups in total. The minimum absolute atomic E-state index is 0.0907. The summed E-state index contributed by atoms with van der Waals surface area (Å²) in [6.07, 6.45) is 2.25. The second-order valence-electron chi connectivity index (χ2n) is 5.92. The first-order valence-corrected chi connectivity index (χ1v) is 9.39. The molecule has 22 heavy (non-hydrogen) atoms. The molecule has 0 saturated carbocycles. The maximum Gasteiger partial charge on any atom is 0.222 e. The molecule has 2 aromatic carbocycles. The summed E-state index contributed by atoms with van der Waals surface area (Å²) >= 11 is 3.70. The van der Waals surface area contributed by atoms with Gasteiger partial charge in [0.25, 0.3) is 0 Å². The van der Waals surface area contributed by atoms with Crippen molar-refractivity contribution in [3.05, 3.63) is 69.8 Å². The number of hydrogen-bond donors (Lipinski definition) is 0. The molecule has 0 aromatic heterocycles. The van der Waals surface area contributed by atoms with Crippen molar-refractivity contribution in [1.29, 1.82) is 0 Å². The molecule has 2 aromatic rings. The van der Waals surface area contributed by atoms with E-state index in [0.717, 1.165) is 24.0 Å². The fourth-order valence-electron chi connectivity index (χ4n) is 3.92. The molecule has 0 heterocycles. The highest BCUT2D eigenvalue weighted by atomic mass is 127. The summed E-state index contributed by atoms with van der Waals surface area (Å²) in [7, 11) is 0. The molecule has 0 aliphatic heterocycles. The van der Waals surface area contributed by atoms with E-state index in [4.69, 9.17) is 0 Å². The lowest BCUT2D eigenvalue weighted by Gasteiger charge is -2.40. The third-order valence-corrected chi connectivity index (χ3v) is 6.12. The first kappa shape index (κ1) is 14.8. The molecule has 0 spiro atoms. The lowest BCUT2D eigenvalue weighted by Crippen LogP contribution is -2.25. The van der Waals surface area contributed by atoms with Gasteiger partial charge in [0.15, 0.2) is 0 Å². The average Bonchev–Trinajstić information content (AvgIpc) is 2.54. The van der Waals surface area contributed by atoms with Crippen LogP contribution in [0, 0.1) is 0 Å². The normalized spacial score (nSPS) is 21.2. The lowest BCUT2D eigenvalue weighted by molar-refractivity contribution is 0.109. The number of hydrogen-bond acceptors (Lipinski definition) is 2. The largest absolute Gasteiger partial charge is 0.282 e. The molecular weight excluding hydrogens is 502 g/mol. The van der Waals surface area contributed by atoms with Crippen LogP contribution < -0.4 is 0 Å². The summed E-state index contributed by atoms with van der Waals surface area (Å²) in [4.78, 5) is 23.3. The van der Waals surface area contributed by atoms with Gasteiger partial charge in [-0.05, 0) is 47.2 Å². The Labute approximate surface area is 156 Å². The minimum Gasteiger partial charge on any atom is -0.282 e. The first-order valence-electron chi connectivity index (χ1n) is 7.23. The van der Waals surface area contributed by atoms with Gasteiger partial charge in [0, 0.05) is 68.1 Å². The molecule has 110 valence electrons. The van der Waals surface area contributed by atoms with Crippen molar-refractivity contribution in [3.8, 4) is 0 Å². The molecule has 2 bridgehead atoms. The van der Waals surface area contributed by atoms with Crippen LogP contribution in [-0.2, 0) is 0 Å². The summed E-state index contributed by atoms with van der Waals surface area (Å²) in [5, 5.41) is 0. The van der Waals surface area contributed by atoms with Gasteiger partial charge in [0.1, 0.15) is 0 Å². The number of carbonyl (C=O) groups excluding carboxylic acids is 2. The van der Waals surface area contributed by atoms with E-state index in [9.17, 15) is 9.59 Å². The zero-order chi connectivity index (χ0) is 15.4. The van der Waals surface area contributed by atoms with Gasteiger partial charge in [-0.3, -0.25) is 9.59 Å². The summed E-state index contributed by atoms with van der Waals surface area (Å²) in [6.45, 7) is 0. The highest BCUT2D eigenvalue weighted by Crippen LogP contribution is 2.53. The molecule has 2 nitrogen and oxygen atoms in total. The Morgan fingerprint density at radius 1 is 0.727 bits per heavy atom. The van der Waals surface area contributed by atoms with Crippen LogP contribution in [0.2, 0.25) is 0 Å². The fourth-order valence-corrected chi connectivity index (χ4v) is 4.59. The van der Waals surface area contributed by atoms with E-state index in [1.54, 1.807) is 0 Å². The Hall–Kier alpha value is -0.760. The van der Waals surface area contributed by atoms with Crippen LogP contribution in [0.5, 0.6) is 0 Å². The van der Waals surface area contributed by atoms with E-state index >= 15 is 0 Å². The summed E-state index contributed by atoms with van der Waals surface area (Å²) in [5.74, 6) is 0.730. The molecule has 0 saturated heterocycles. The average molecular weight is 514 g/mol. The first-order chi connectivity index (χ1) is 10.6. The van der Waals surface area contributed by atoms with Gasteiger partial charge in [-0.15, -0.1) is 0 Å². The molecule has 2 atom stereocenters. The zero-order valence-corrected chi connectivity index (χ0v) is 15.9. The number of halogens is 2. The Morgan fingerprint density at radius 2 is 1.14 bits per heavy atom. The van der Waals surface area contributed by atoms with Crippen LogP contribution >= 0.6 is 45.2 Å². The van der Waals surface area contributed by atoms with Crippen molar-refractivity contribution in [1.82, 2.24) is 0 Å². The van der Waals surface area contributed by atoms with Crippen molar-refractivity contribution >= 4 is 52.8 Å². The Balaban J connectivity index is 1.90. The summed E-state index contributed by atoms with van der Waals surface area (Å²) < 4.78 is 0.181. The van der Waals surface area contributed by atoms with E-state index < -0.39 is 0 Å². The van der Waals surface area contributed by atoms with Crippen molar-refractivity contribution in [2.75, 3.05) is 0 Å². The Kier molecular flexibility index (Phi) is 3.64. The van der Waals surface area contributed by atoms with Gasteiger partial charge in [0.05, 0.1) is 0 Å². The van der Waals surface area contributed by atoms with Crippen LogP contribution in [0.4, 0.5) is 0 Å². The van der Waals surface area contributed by atoms with E-state index in [0.29, 0.717) is 11.8 Å². The minimum atomic E-state index is 0.0907. The number of carbonyl (C=O) groups is 2. The molecule has 0 radical (unpaired) electrons. The number of benzene rings is 2. The zero-order valence-electron chi connectivity index (χ0n) is 11.6. The van der Waals surface area contributed by atoms with Gasteiger partial charge in [0.2, 0.25) is 7.58 Å². The Bertz CT molecular complexity index is 756. The van der Waals surface area contributed by atoms with Gasteiger partial charge < -0.3 is 0 Å². The quantitative estimate of drug-likeness (QED) is 0.408. The highest BCUT2D eigenvalue weighted by Gasteiger charge is 2.37. The van der Waals surface area contributed by atoms with Crippen LogP contribution in [0.1, 0.15) is 67.6 Å². The van der Waals surface area contributed by atoms with Gasteiger partial charge >= 0.3 is 0 Å². The van der Waals surface area contributed by atoms with Crippen LogP contribution in [0.25, 0.3) is 0 Å².